The van der Waals surface area contributed by atoms with Crippen molar-refractivity contribution in [3.05, 3.63) is 36.4 Å². The molecule has 2 N–H and O–H groups in total. The summed E-state index contributed by atoms with van der Waals surface area (Å²) in [7, 11) is 0. The van der Waals surface area contributed by atoms with Gasteiger partial charge in [0.05, 0.1) is 6.10 Å². The molecule has 2 aromatic rings. The van der Waals surface area contributed by atoms with Crippen LogP contribution in [0.15, 0.2) is 36.4 Å². The summed E-state index contributed by atoms with van der Waals surface area (Å²) in [5, 5.41) is 2.22. The number of anilines is 1. The number of ether oxygens (including phenoxy) is 1. The Balaban J connectivity index is 1.80. The molecule has 0 heterocycles. The maximum absolute atomic E-state index is 6.26. The van der Waals surface area contributed by atoms with Crippen LogP contribution in [0.3, 0.4) is 0 Å². The van der Waals surface area contributed by atoms with E-state index >= 15 is 0 Å². The quantitative estimate of drug-likeness (QED) is 0.815. The molecule has 0 bridgehead atoms. The van der Waals surface area contributed by atoms with Crippen LogP contribution in [-0.4, -0.2) is 6.10 Å². The molecule has 2 aromatic carbocycles. The van der Waals surface area contributed by atoms with E-state index < -0.39 is 0 Å². The SMILES string of the molecule is CCC1CCC(Oc2ccc(N)c3ccccc23)CC1. The van der Waals surface area contributed by atoms with E-state index in [9.17, 15) is 0 Å². The molecule has 0 aliphatic heterocycles. The van der Waals surface area contributed by atoms with Crippen LogP contribution in [0.25, 0.3) is 10.8 Å². The summed E-state index contributed by atoms with van der Waals surface area (Å²) in [4.78, 5) is 0. The zero-order chi connectivity index (χ0) is 13.9. The van der Waals surface area contributed by atoms with Gasteiger partial charge in [0.2, 0.25) is 0 Å². The van der Waals surface area contributed by atoms with Crippen molar-refractivity contribution < 1.29 is 4.74 Å². The van der Waals surface area contributed by atoms with E-state index in [0.29, 0.717) is 6.10 Å². The first-order chi connectivity index (χ1) is 9.78. The maximum Gasteiger partial charge on any atom is 0.127 e. The Kier molecular flexibility index (Phi) is 3.81. The summed E-state index contributed by atoms with van der Waals surface area (Å²) in [5.74, 6) is 1.88. The molecule has 0 unspecified atom stereocenters. The molecule has 1 aliphatic rings. The number of hydrogen-bond acceptors (Lipinski definition) is 2. The Bertz CT molecular complexity index is 585. The standard InChI is InChI=1S/C18H23NO/c1-2-13-7-9-14(10-8-13)20-18-12-11-17(19)15-5-3-4-6-16(15)18/h3-6,11-14H,2,7-10,19H2,1H3. The molecule has 106 valence electrons. The molecular weight excluding hydrogens is 246 g/mol. The summed E-state index contributed by atoms with van der Waals surface area (Å²) in [6.45, 7) is 2.29. The topological polar surface area (TPSA) is 35.2 Å². The Morgan fingerprint density at radius 3 is 2.40 bits per heavy atom. The van der Waals surface area contributed by atoms with Gasteiger partial charge in [-0.1, -0.05) is 37.6 Å². The average molecular weight is 269 g/mol. The summed E-state index contributed by atoms with van der Waals surface area (Å²) < 4.78 is 6.26. The minimum absolute atomic E-state index is 0.366. The highest BCUT2D eigenvalue weighted by Gasteiger charge is 2.21. The van der Waals surface area contributed by atoms with Crippen LogP contribution in [0.5, 0.6) is 5.75 Å². The summed E-state index contributed by atoms with van der Waals surface area (Å²) in [6, 6.07) is 12.2. The molecule has 3 rings (SSSR count). The van der Waals surface area contributed by atoms with Crippen molar-refractivity contribution in [2.75, 3.05) is 5.73 Å². The van der Waals surface area contributed by atoms with Gasteiger partial charge >= 0.3 is 0 Å². The van der Waals surface area contributed by atoms with Crippen molar-refractivity contribution >= 4 is 16.5 Å². The van der Waals surface area contributed by atoms with Gasteiger partial charge in [0.1, 0.15) is 5.75 Å². The first kappa shape index (κ1) is 13.3. The van der Waals surface area contributed by atoms with Gasteiger partial charge in [0.25, 0.3) is 0 Å². The number of rotatable bonds is 3. The third kappa shape index (κ3) is 2.60. The number of fused-ring (bicyclic) bond motifs is 1. The fourth-order valence-corrected chi connectivity index (χ4v) is 3.24. The Morgan fingerprint density at radius 2 is 1.70 bits per heavy atom. The molecule has 0 spiro atoms. The molecular formula is C18H23NO. The normalized spacial score (nSPS) is 22.9. The van der Waals surface area contributed by atoms with E-state index in [4.69, 9.17) is 10.5 Å². The fraction of sp³-hybridized carbons (Fsp3) is 0.444. The lowest BCUT2D eigenvalue weighted by Crippen LogP contribution is -2.23. The monoisotopic (exact) mass is 269 g/mol. The molecule has 1 saturated carbocycles. The smallest absolute Gasteiger partial charge is 0.127 e. The number of nitrogen functional groups attached to an aromatic ring is 1. The van der Waals surface area contributed by atoms with Gasteiger partial charge in [-0.05, 0) is 43.7 Å². The van der Waals surface area contributed by atoms with E-state index in [1.165, 1.54) is 32.1 Å². The minimum Gasteiger partial charge on any atom is -0.490 e. The van der Waals surface area contributed by atoms with Gasteiger partial charge < -0.3 is 10.5 Å². The minimum atomic E-state index is 0.366. The molecule has 1 aliphatic carbocycles. The molecule has 20 heavy (non-hydrogen) atoms. The first-order valence-electron chi connectivity index (χ1n) is 7.71. The highest BCUT2D eigenvalue weighted by Crippen LogP contribution is 2.34. The lowest BCUT2D eigenvalue weighted by atomic mass is 9.86. The Morgan fingerprint density at radius 1 is 1.00 bits per heavy atom. The highest BCUT2D eigenvalue weighted by molar-refractivity contribution is 5.96. The van der Waals surface area contributed by atoms with E-state index in [-0.39, 0.29) is 0 Å². The van der Waals surface area contributed by atoms with Gasteiger partial charge in [-0.25, -0.2) is 0 Å². The van der Waals surface area contributed by atoms with Crippen LogP contribution < -0.4 is 10.5 Å². The van der Waals surface area contributed by atoms with E-state index in [1.807, 2.05) is 24.3 Å². The molecule has 0 atom stereocenters. The van der Waals surface area contributed by atoms with Crippen LogP contribution in [0, 0.1) is 5.92 Å². The second-order valence-corrected chi connectivity index (χ2v) is 5.87. The predicted octanol–water partition coefficient (Wildman–Crippen LogP) is 4.77. The highest BCUT2D eigenvalue weighted by atomic mass is 16.5. The van der Waals surface area contributed by atoms with E-state index in [2.05, 4.69) is 19.1 Å². The van der Waals surface area contributed by atoms with Gasteiger partial charge in [-0.3, -0.25) is 0 Å². The summed E-state index contributed by atoms with van der Waals surface area (Å²) in [5.41, 5.74) is 6.86. The Hall–Kier alpha value is -1.70. The molecule has 1 fully saturated rings. The van der Waals surface area contributed by atoms with Crippen LogP contribution in [0.2, 0.25) is 0 Å². The van der Waals surface area contributed by atoms with Gasteiger partial charge in [-0.15, -0.1) is 0 Å². The third-order valence-corrected chi connectivity index (χ3v) is 4.58. The molecule has 0 amide bonds. The van der Waals surface area contributed by atoms with Crippen molar-refractivity contribution in [1.82, 2.24) is 0 Å². The van der Waals surface area contributed by atoms with Crippen molar-refractivity contribution in [2.24, 2.45) is 5.92 Å². The molecule has 0 aromatic heterocycles. The van der Waals surface area contributed by atoms with Gasteiger partial charge in [-0.2, -0.15) is 0 Å². The zero-order valence-electron chi connectivity index (χ0n) is 12.1. The second kappa shape index (κ2) is 5.74. The van der Waals surface area contributed by atoms with E-state index in [0.717, 1.165) is 28.1 Å². The van der Waals surface area contributed by atoms with Gasteiger partial charge in [0.15, 0.2) is 0 Å². The second-order valence-electron chi connectivity index (χ2n) is 5.87. The van der Waals surface area contributed by atoms with Crippen molar-refractivity contribution in [1.29, 1.82) is 0 Å². The number of hydrogen-bond donors (Lipinski definition) is 1. The lowest BCUT2D eigenvalue weighted by molar-refractivity contribution is 0.131. The molecule has 0 saturated heterocycles. The largest absolute Gasteiger partial charge is 0.490 e. The first-order valence-corrected chi connectivity index (χ1v) is 7.71. The van der Waals surface area contributed by atoms with Crippen LogP contribution in [0.1, 0.15) is 39.0 Å². The van der Waals surface area contributed by atoms with Gasteiger partial charge in [0, 0.05) is 16.5 Å². The predicted molar refractivity (Wildman–Crippen MR) is 85.0 cm³/mol. The van der Waals surface area contributed by atoms with Crippen molar-refractivity contribution in [3.8, 4) is 5.75 Å². The van der Waals surface area contributed by atoms with Crippen LogP contribution >= 0.6 is 0 Å². The van der Waals surface area contributed by atoms with Crippen LogP contribution in [-0.2, 0) is 0 Å². The average Bonchev–Trinajstić information content (AvgIpc) is 2.51. The zero-order valence-corrected chi connectivity index (χ0v) is 12.1. The number of benzene rings is 2. The molecule has 0 radical (unpaired) electrons. The van der Waals surface area contributed by atoms with Crippen molar-refractivity contribution in [3.63, 3.8) is 0 Å². The molecule has 2 nitrogen and oxygen atoms in total. The summed E-state index contributed by atoms with van der Waals surface area (Å²) in [6.07, 6.45) is 6.62. The summed E-state index contributed by atoms with van der Waals surface area (Å²) >= 11 is 0. The lowest BCUT2D eigenvalue weighted by Gasteiger charge is -2.28. The fourth-order valence-electron chi connectivity index (χ4n) is 3.24. The van der Waals surface area contributed by atoms with E-state index in [1.54, 1.807) is 0 Å². The number of nitrogens with two attached hydrogens (primary N) is 1. The molecule has 2 heteroatoms. The van der Waals surface area contributed by atoms with Crippen molar-refractivity contribution in [2.45, 2.75) is 45.1 Å². The maximum atomic E-state index is 6.26. The Labute approximate surface area is 120 Å². The third-order valence-electron chi connectivity index (χ3n) is 4.58. The van der Waals surface area contributed by atoms with Crippen LogP contribution in [0.4, 0.5) is 5.69 Å².